The highest BCUT2D eigenvalue weighted by Gasteiger charge is 2.28. The van der Waals surface area contributed by atoms with Crippen LogP contribution in [0, 0.1) is 0 Å². The van der Waals surface area contributed by atoms with Gasteiger partial charge in [0.05, 0.1) is 12.2 Å². The Morgan fingerprint density at radius 3 is 2.52 bits per heavy atom. The van der Waals surface area contributed by atoms with Crippen LogP contribution in [0.25, 0.3) is 0 Å². The molecule has 0 spiro atoms. The predicted molar refractivity (Wildman–Crippen MR) is 103 cm³/mol. The minimum absolute atomic E-state index is 0.0767. The second kappa shape index (κ2) is 10.7. The molecule has 0 aliphatic heterocycles. The van der Waals surface area contributed by atoms with Crippen molar-refractivity contribution < 1.29 is 22.4 Å². The lowest BCUT2D eigenvalue weighted by atomic mass is 9.99. The average Bonchev–Trinajstić information content (AvgIpc) is 3.16. The van der Waals surface area contributed by atoms with Crippen molar-refractivity contribution in [2.24, 2.45) is 4.99 Å². The Morgan fingerprint density at radius 2 is 1.93 bits per heavy atom. The number of alkyl halides is 3. The van der Waals surface area contributed by atoms with Crippen LogP contribution in [0.3, 0.4) is 0 Å². The minimum Gasteiger partial charge on any atom is -0.468 e. The molecule has 2 N–H and O–H groups in total. The predicted octanol–water partition coefficient (Wildman–Crippen LogP) is 3.78. The number of hydrogen-bond donors (Lipinski definition) is 2. The Labute approximate surface area is 167 Å². The van der Waals surface area contributed by atoms with E-state index < -0.39 is 12.8 Å². The van der Waals surface area contributed by atoms with E-state index in [-0.39, 0.29) is 5.88 Å². The molecule has 0 fully saturated rings. The van der Waals surface area contributed by atoms with Crippen LogP contribution in [-0.4, -0.2) is 35.9 Å². The Balaban J connectivity index is 1.80. The number of ether oxygens (including phenoxy) is 1. The summed E-state index contributed by atoms with van der Waals surface area (Å²) in [5.74, 6) is 1.57. The lowest BCUT2D eigenvalue weighted by molar-refractivity contribution is -0.154. The number of pyridine rings is 1. The quantitative estimate of drug-likeness (QED) is 0.481. The fourth-order valence-electron chi connectivity index (χ4n) is 2.65. The van der Waals surface area contributed by atoms with Crippen molar-refractivity contribution in [3.63, 3.8) is 0 Å². The molecule has 29 heavy (non-hydrogen) atoms. The molecule has 0 radical (unpaired) electrons. The highest BCUT2D eigenvalue weighted by atomic mass is 19.4. The molecule has 2 heterocycles. The van der Waals surface area contributed by atoms with Crippen LogP contribution in [0.5, 0.6) is 5.88 Å². The molecule has 0 amide bonds. The van der Waals surface area contributed by atoms with Crippen molar-refractivity contribution in [3.8, 4) is 5.88 Å². The van der Waals surface area contributed by atoms with Gasteiger partial charge >= 0.3 is 6.18 Å². The van der Waals surface area contributed by atoms with Crippen molar-refractivity contribution in [2.45, 2.75) is 51.9 Å². The Morgan fingerprint density at radius 1 is 1.21 bits per heavy atom. The molecule has 7 nitrogen and oxygen atoms in total. The highest BCUT2D eigenvalue weighted by molar-refractivity contribution is 5.79. The maximum absolute atomic E-state index is 12.1. The smallest absolute Gasteiger partial charge is 0.422 e. The third kappa shape index (κ3) is 7.63. The number of aliphatic imine (C=N–C) groups is 1. The van der Waals surface area contributed by atoms with Gasteiger partial charge in [0.1, 0.15) is 0 Å². The van der Waals surface area contributed by atoms with Gasteiger partial charge in [-0.2, -0.15) is 13.2 Å². The number of hydrogen-bond acceptors (Lipinski definition) is 5. The zero-order valence-electron chi connectivity index (χ0n) is 16.7. The molecule has 0 bridgehead atoms. The lowest BCUT2D eigenvalue weighted by Gasteiger charge is -2.11. The number of nitrogens with one attached hydrogen (secondary N) is 2. The van der Waals surface area contributed by atoms with Gasteiger partial charge in [-0.1, -0.05) is 25.1 Å². The lowest BCUT2D eigenvalue weighted by Crippen LogP contribution is -2.36. The summed E-state index contributed by atoms with van der Waals surface area (Å²) in [4.78, 5) is 8.00. The zero-order valence-corrected chi connectivity index (χ0v) is 16.7. The summed E-state index contributed by atoms with van der Waals surface area (Å²) in [5.41, 5.74) is 1.72. The van der Waals surface area contributed by atoms with Gasteiger partial charge in [0.25, 0.3) is 0 Å². The Hall–Kier alpha value is -2.78. The number of nitrogens with zero attached hydrogens (tertiary/aromatic N) is 3. The molecule has 0 aliphatic rings. The topological polar surface area (TPSA) is 84.6 Å². The van der Waals surface area contributed by atoms with E-state index in [1.165, 1.54) is 12.3 Å². The first-order chi connectivity index (χ1) is 13.8. The molecular weight excluding hydrogens is 387 g/mol. The fourth-order valence-corrected chi connectivity index (χ4v) is 2.65. The van der Waals surface area contributed by atoms with E-state index in [1.807, 2.05) is 6.07 Å². The van der Waals surface area contributed by atoms with E-state index >= 15 is 0 Å². The summed E-state index contributed by atoms with van der Waals surface area (Å²) >= 11 is 0. The van der Waals surface area contributed by atoms with Gasteiger partial charge in [0, 0.05) is 37.8 Å². The van der Waals surface area contributed by atoms with E-state index in [2.05, 4.69) is 44.4 Å². The Kier molecular flexibility index (Phi) is 8.29. The molecule has 2 aromatic heterocycles. The molecule has 0 atom stereocenters. The largest absolute Gasteiger partial charge is 0.468 e. The molecule has 0 aliphatic carbocycles. The number of halogens is 3. The molecular formula is C19H26F3N5O2. The molecule has 0 unspecified atom stereocenters. The first kappa shape index (κ1) is 22.5. The van der Waals surface area contributed by atoms with Crippen LogP contribution < -0.4 is 15.4 Å². The summed E-state index contributed by atoms with van der Waals surface area (Å²) in [7, 11) is 1.64. The normalized spacial score (nSPS) is 12.3. The van der Waals surface area contributed by atoms with Gasteiger partial charge in [-0.3, -0.25) is 4.99 Å². The number of rotatable bonds is 9. The monoisotopic (exact) mass is 413 g/mol. The fraction of sp³-hybridized carbons (Fsp3) is 0.526. The van der Waals surface area contributed by atoms with Gasteiger partial charge in [-0.05, 0) is 18.4 Å². The van der Waals surface area contributed by atoms with Crippen molar-refractivity contribution >= 4 is 5.96 Å². The molecule has 2 rings (SSSR count). The van der Waals surface area contributed by atoms with Crippen molar-refractivity contribution in [1.29, 1.82) is 0 Å². The van der Waals surface area contributed by atoms with Gasteiger partial charge in [-0.25, -0.2) is 4.98 Å². The summed E-state index contributed by atoms with van der Waals surface area (Å²) < 4.78 is 46.4. The zero-order chi connectivity index (χ0) is 21.3. The van der Waals surface area contributed by atoms with Crippen LogP contribution in [-0.2, 0) is 13.1 Å². The summed E-state index contributed by atoms with van der Waals surface area (Å²) in [5, 5.41) is 10.4. The Bertz CT molecular complexity index is 771. The van der Waals surface area contributed by atoms with Crippen LogP contribution >= 0.6 is 0 Å². The van der Waals surface area contributed by atoms with E-state index in [0.29, 0.717) is 30.7 Å². The maximum atomic E-state index is 12.1. The van der Waals surface area contributed by atoms with E-state index in [1.54, 1.807) is 13.1 Å². The summed E-state index contributed by atoms with van der Waals surface area (Å²) in [6, 6.07) is 4.98. The van der Waals surface area contributed by atoms with Gasteiger partial charge in [0.15, 0.2) is 18.3 Å². The SMILES string of the molecule is CCC(CC)c1cc(CNC(=NC)NCc2ccc(OCC(F)(F)F)nc2)on1. The minimum atomic E-state index is -4.39. The highest BCUT2D eigenvalue weighted by Crippen LogP contribution is 2.22. The van der Waals surface area contributed by atoms with Crippen molar-refractivity contribution in [2.75, 3.05) is 13.7 Å². The molecule has 0 saturated heterocycles. The molecule has 160 valence electrons. The van der Waals surface area contributed by atoms with Crippen molar-refractivity contribution in [1.82, 2.24) is 20.8 Å². The summed E-state index contributed by atoms with van der Waals surface area (Å²) in [6.45, 7) is 3.69. The average molecular weight is 413 g/mol. The summed E-state index contributed by atoms with van der Waals surface area (Å²) in [6.07, 6.45) is -0.928. The van der Waals surface area contributed by atoms with E-state index in [9.17, 15) is 13.2 Å². The van der Waals surface area contributed by atoms with Crippen LogP contribution in [0.4, 0.5) is 13.2 Å². The second-order valence-corrected chi connectivity index (χ2v) is 6.42. The van der Waals surface area contributed by atoms with Crippen LogP contribution in [0.2, 0.25) is 0 Å². The van der Waals surface area contributed by atoms with Gasteiger partial charge < -0.3 is 19.9 Å². The first-order valence-corrected chi connectivity index (χ1v) is 9.39. The second-order valence-electron chi connectivity index (χ2n) is 6.42. The van der Waals surface area contributed by atoms with Gasteiger partial charge in [-0.15, -0.1) is 0 Å². The standard InChI is InChI=1S/C19H26F3N5O2/c1-4-14(5-2)16-8-15(29-27-16)11-26-18(23-3)25-10-13-6-7-17(24-9-13)28-12-19(20,21)22/h6-9,14H,4-5,10-12H2,1-3H3,(H2,23,25,26). The van der Waals surface area contributed by atoms with Gasteiger partial charge in [0.2, 0.25) is 5.88 Å². The maximum Gasteiger partial charge on any atom is 0.422 e. The number of guanidine groups is 1. The van der Waals surface area contributed by atoms with Crippen molar-refractivity contribution in [3.05, 3.63) is 41.4 Å². The van der Waals surface area contributed by atoms with E-state index in [0.717, 1.165) is 24.1 Å². The molecule has 0 aromatic carbocycles. The van der Waals surface area contributed by atoms with Crippen LogP contribution in [0.15, 0.2) is 33.9 Å². The molecule has 2 aromatic rings. The molecule has 0 saturated carbocycles. The molecule has 10 heteroatoms. The number of aromatic nitrogens is 2. The first-order valence-electron chi connectivity index (χ1n) is 9.39. The third-order valence-electron chi connectivity index (χ3n) is 4.28. The van der Waals surface area contributed by atoms with Crippen LogP contribution in [0.1, 0.15) is 49.6 Å². The van der Waals surface area contributed by atoms with E-state index in [4.69, 9.17) is 4.52 Å². The third-order valence-corrected chi connectivity index (χ3v) is 4.28.